The van der Waals surface area contributed by atoms with Crippen LogP contribution in [-0.2, 0) is 6.54 Å². The van der Waals surface area contributed by atoms with E-state index in [0.29, 0.717) is 39.7 Å². The lowest BCUT2D eigenvalue weighted by molar-refractivity contribution is 0.251. The lowest BCUT2D eigenvalue weighted by atomic mass is 10.2. The second-order valence-electron chi connectivity index (χ2n) is 6.92. The maximum absolute atomic E-state index is 12.2. The number of aryl methyl sites for hydroxylation is 1. The Labute approximate surface area is 206 Å². The minimum atomic E-state index is -0.356. The van der Waals surface area contributed by atoms with E-state index in [1.54, 1.807) is 41.5 Å². The first-order chi connectivity index (χ1) is 16.5. The third-order valence-electron chi connectivity index (χ3n) is 4.46. The maximum Gasteiger partial charge on any atom is 0.319 e. The molecule has 11 heteroatoms. The molecule has 0 radical (unpaired) electrons. The summed E-state index contributed by atoms with van der Waals surface area (Å²) < 4.78 is 1.57. The van der Waals surface area contributed by atoms with E-state index in [-0.39, 0.29) is 6.03 Å². The predicted octanol–water partition coefficient (Wildman–Crippen LogP) is 4.95. The normalized spacial score (nSPS) is 10.1. The number of urea groups is 1. The monoisotopic (exact) mass is 499 g/mol. The van der Waals surface area contributed by atoms with Crippen LogP contribution in [0.15, 0.2) is 67.1 Å². The van der Waals surface area contributed by atoms with Crippen LogP contribution in [0.2, 0.25) is 10.0 Å². The van der Waals surface area contributed by atoms with E-state index < -0.39 is 0 Å². The first-order valence-corrected chi connectivity index (χ1v) is 10.9. The molecule has 0 aliphatic heterocycles. The fourth-order valence-electron chi connectivity index (χ4n) is 2.92. The number of carbonyl (C=O) groups is 1. The van der Waals surface area contributed by atoms with E-state index in [4.69, 9.17) is 28.3 Å². The van der Waals surface area contributed by atoms with Gasteiger partial charge in [-0.1, -0.05) is 47.5 Å². The molecule has 4 rings (SSSR count). The zero-order valence-electron chi connectivity index (χ0n) is 18.5. The number of aliphatic hydroxyl groups is 1. The van der Waals surface area contributed by atoms with E-state index in [0.717, 1.165) is 18.2 Å². The topological polar surface area (TPSA) is 117 Å². The van der Waals surface area contributed by atoms with Crippen LogP contribution in [0.5, 0.6) is 0 Å². The van der Waals surface area contributed by atoms with Crippen LogP contribution < -0.4 is 16.0 Å². The highest BCUT2D eigenvalue weighted by atomic mass is 35.5. The van der Waals surface area contributed by atoms with Gasteiger partial charge in [0.05, 0.1) is 28.8 Å². The van der Waals surface area contributed by atoms with Crippen molar-refractivity contribution in [1.82, 2.24) is 25.1 Å². The Bertz CT molecular complexity index is 1260. The molecular weight excluding hydrogens is 477 g/mol. The van der Waals surface area contributed by atoms with Crippen molar-refractivity contribution in [3.8, 4) is 5.82 Å². The molecule has 176 valence electrons. The SMILES string of the molecule is CO.Cc1cnc(Nc2ccccc2Cl)nc1-n1cc(NC(=O)NCc2cccc(Cl)c2)cn1. The van der Waals surface area contributed by atoms with Crippen LogP contribution in [0.4, 0.5) is 22.1 Å². The Kier molecular flexibility index (Phi) is 8.80. The molecule has 0 saturated carbocycles. The molecule has 0 aliphatic carbocycles. The number of carbonyl (C=O) groups excluding carboxylic acids is 1. The van der Waals surface area contributed by atoms with Gasteiger partial charge >= 0.3 is 6.03 Å². The summed E-state index contributed by atoms with van der Waals surface area (Å²) in [4.78, 5) is 21.1. The molecule has 0 bridgehead atoms. The highest BCUT2D eigenvalue weighted by Gasteiger charge is 2.11. The second kappa shape index (κ2) is 12.0. The zero-order chi connectivity index (χ0) is 24.5. The summed E-state index contributed by atoms with van der Waals surface area (Å²) in [5.41, 5.74) is 2.93. The molecule has 9 nitrogen and oxygen atoms in total. The van der Waals surface area contributed by atoms with Gasteiger partial charge in [-0.2, -0.15) is 10.1 Å². The highest BCUT2D eigenvalue weighted by molar-refractivity contribution is 6.33. The average Bonchev–Trinajstić information content (AvgIpc) is 3.30. The van der Waals surface area contributed by atoms with Gasteiger partial charge in [-0.05, 0) is 36.8 Å². The Hall–Kier alpha value is -3.66. The summed E-state index contributed by atoms with van der Waals surface area (Å²) in [6.07, 6.45) is 4.91. The fourth-order valence-corrected chi connectivity index (χ4v) is 3.31. The first-order valence-electron chi connectivity index (χ1n) is 10.1. The maximum atomic E-state index is 12.2. The van der Waals surface area contributed by atoms with E-state index in [1.165, 1.54) is 0 Å². The summed E-state index contributed by atoms with van der Waals surface area (Å²) >= 11 is 12.2. The van der Waals surface area contributed by atoms with Gasteiger partial charge in [0.2, 0.25) is 5.95 Å². The quantitative estimate of drug-likeness (QED) is 0.298. The largest absolute Gasteiger partial charge is 0.400 e. The second-order valence-corrected chi connectivity index (χ2v) is 7.76. The lowest BCUT2D eigenvalue weighted by Crippen LogP contribution is -2.28. The van der Waals surface area contributed by atoms with E-state index in [9.17, 15) is 4.79 Å². The van der Waals surface area contributed by atoms with Crippen molar-refractivity contribution >= 4 is 46.6 Å². The van der Waals surface area contributed by atoms with E-state index in [2.05, 4.69) is 31.0 Å². The van der Waals surface area contributed by atoms with Crippen LogP contribution in [0.1, 0.15) is 11.1 Å². The number of nitrogens with one attached hydrogen (secondary N) is 3. The Morgan fingerprint density at radius 1 is 1.09 bits per heavy atom. The zero-order valence-corrected chi connectivity index (χ0v) is 20.0. The number of anilines is 3. The molecule has 0 spiro atoms. The molecule has 2 aromatic carbocycles. The molecule has 34 heavy (non-hydrogen) atoms. The first kappa shape index (κ1) is 25.0. The number of halogens is 2. The molecule has 4 aromatic rings. The minimum absolute atomic E-state index is 0.350. The molecule has 4 N–H and O–H groups in total. The van der Waals surface area contributed by atoms with Crippen LogP contribution in [0.3, 0.4) is 0 Å². The number of nitrogens with zero attached hydrogens (tertiary/aromatic N) is 4. The van der Waals surface area contributed by atoms with Crippen LogP contribution in [0.25, 0.3) is 5.82 Å². The summed E-state index contributed by atoms with van der Waals surface area (Å²) in [6.45, 7) is 2.23. The Morgan fingerprint density at radius 3 is 2.65 bits per heavy atom. The van der Waals surface area contributed by atoms with Crippen molar-refractivity contribution < 1.29 is 9.90 Å². The van der Waals surface area contributed by atoms with Crippen molar-refractivity contribution in [3.05, 3.63) is 88.3 Å². The molecule has 2 amide bonds. The van der Waals surface area contributed by atoms with Gasteiger partial charge in [-0.25, -0.2) is 14.5 Å². The lowest BCUT2D eigenvalue weighted by Gasteiger charge is -2.10. The van der Waals surface area contributed by atoms with Crippen LogP contribution in [0, 0.1) is 6.92 Å². The summed E-state index contributed by atoms with van der Waals surface area (Å²) in [5, 5.41) is 21.1. The number of para-hydroxylation sites is 1. The van der Waals surface area contributed by atoms with Crippen molar-refractivity contribution in [2.75, 3.05) is 17.7 Å². The molecule has 2 heterocycles. The van der Waals surface area contributed by atoms with Crippen LogP contribution >= 0.6 is 23.2 Å². The molecule has 0 aliphatic rings. The van der Waals surface area contributed by atoms with Crippen molar-refractivity contribution in [2.45, 2.75) is 13.5 Å². The fraction of sp³-hybridized carbons (Fsp3) is 0.130. The standard InChI is InChI=1S/C22H19Cl2N7O.CH4O/c1-14-10-25-21(29-19-8-3-2-7-18(19)24)30-20(14)31-13-17(12-27-31)28-22(32)26-11-15-5-4-6-16(23)9-15;1-2/h2-10,12-13H,11H2,1H3,(H,25,29,30)(H2,26,28,32);2H,1H3. The number of hydrogen-bond acceptors (Lipinski definition) is 6. The van der Waals surface area contributed by atoms with Crippen molar-refractivity contribution in [3.63, 3.8) is 0 Å². The van der Waals surface area contributed by atoms with Crippen LogP contribution in [-0.4, -0.2) is 38.0 Å². The van der Waals surface area contributed by atoms with E-state index in [1.807, 2.05) is 37.3 Å². The van der Waals surface area contributed by atoms with Gasteiger partial charge in [-0.15, -0.1) is 0 Å². The third-order valence-corrected chi connectivity index (χ3v) is 5.03. The number of rotatable bonds is 6. The minimum Gasteiger partial charge on any atom is -0.400 e. The predicted molar refractivity (Wildman–Crippen MR) is 134 cm³/mol. The van der Waals surface area contributed by atoms with Crippen molar-refractivity contribution in [1.29, 1.82) is 0 Å². The number of benzene rings is 2. The molecule has 2 aromatic heterocycles. The molecule has 0 saturated heterocycles. The van der Waals surface area contributed by atoms with Gasteiger partial charge in [-0.3, -0.25) is 0 Å². The van der Waals surface area contributed by atoms with Crippen molar-refractivity contribution in [2.24, 2.45) is 0 Å². The van der Waals surface area contributed by atoms with Gasteiger partial charge in [0, 0.05) is 30.4 Å². The number of hydrogen-bond donors (Lipinski definition) is 4. The number of amides is 2. The highest BCUT2D eigenvalue weighted by Crippen LogP contribution is 2.24. The molecular formula is C23H23Cl2N7O2. The Balaban J connectivity index is 0.00000158. The summed E-state index contributed by atoms with van der Waals surface area (Å²) in [6, 6.07) is 14.3. The smallest absolute Gasteiger partial charge is 0.319 e. The molecule has 0 unspecified atom stereocenters. The average molecular weight is 500 g/mol. The third kappa shape index (κ3) is 6.67. The van der Waals surface area contributed by atoms with Gasteiger partial charge in [0.15, 0.2) is 5.82 Å². The van der Waals surface area contributed by atoms with Gasteiger partial charge < -0.3 is 21.1 Å². The number of aromatic nitrogens is 4. The summed E-state index contributed by atoms with van der Waals surface area (Å²) in [7, 11) is 1.00. The van der Waals surface area contributed by atoms with Gasteiger partial charge in [0.25, 0.3) is 0 Å². The number of aliphatic hydroxyl groups excluding tert-OH is 1. The molecule has 0 fully saturated rings. The molecule has 0 atom stereocenters. The Morgan fingerprint density at radius 2 is 1.88 bits per heavy atom. The summed E-state index contributed by atoms with van der Waals surface area (Å²) in [5.74, 6) is 0.949. The van der Waals surface area contributed by atoms with E-state index >= 15 is 0 Å². The van der Waals surface area contributed by atoms with Gasteiger partial charge in [0.1, 0.15) is 0 Å².